The third-order valence-electron chi connectivity index (χ3n) is 3.54. The third-order valence-corrected chi connectivity index (χ3v) is 3.54. The molecule has 1 aliphatic rings. The van der Waals surface area contributed by atoms with Crippen LogP contribution in [0.25, 0.3) is 0 Å². The zero-order valence-corrected chi connectivity index (χ0v) is 10.6. The molecule has 1 fully saturated rings. The van der Waals surface area contributed by atoms with E-state index < -0.39 is 0 Å². The van der Waals surface area contributed by atoms with Gasteiger partial charge < -0.3 is 15.1 Å². The van der Waals surface area contributed by atoms with Gasteiger partial charge in [-0.25, -0.2) is 0 Å². The minimum Gasteiger partial charge on any atom is -0.508 e. The highest BCUT2D eigenvalue weighted by molar-refractivity contribution is 5.79. The van der Waals surface area contributed by atoms with Crippen molar-refractivity contribution in [2.45, 2.75) is 32.2 Å². The molecule has 1 saturated heterocycles. The Morgan fingerprint density at radius 1 is 1.50 bits per heavy atom. The second-order valence-electron chi connectivity index (χ2n) is 4.86. The average Bonchev–Trinajstić information content (AvgIpc) is 2.82. The Bertz CT molecular complexity index is 445. The number of carbonyl (C=O) groups excluding carboxylic acids is 1. The van der Waals surface area contributed by atoms with Crippen LogP contribution in [0, 0.1) is 6.92 Å². The molecule has 0 spiro atoms. The lowest BCUT2D eigenvalue weighted by molar-refractivity contribution is -0.131. The topological polar surface area (TPSA) is 60.8 Å². The number of carbonyl (C=O) groups is 1. The summed E-state index contributed by atoms with van der Waals surface area (Å²) in [6.07, 6.45) is 2.11. The largest absolute Gasteiger partial charge is 0.508 e. The number of phenolic OH excluding ortho intramolecular Hbond substituents is 1. The Balaban J connectivity index is 2.04. The first-order valence-electron chi connectivity index (χ1n) is 6.30. The van der Waals surface area contributed by atoms with Gasteiger partial charge in [-0.1, -0.05) is 12.1 Å². The summed E-state index contributed by atoms with van der Waals surface area (Å²) in [5.41, 5.74) is 1.62. The molecule has 2 N–H and O–H groups in total. The molecule has 0 bridgehead atoms. The number of aliphatic hydroxyl groups is 1. The number of hydrogen-bond acceptors (Lipinski definition) is 3. The van der Waals surface area contributed by atoms with Crippen LogP contribution >= 0.6 is 0 Å². The molecular weight excluding hydrogens is 230 g/mol. The third kappa shape index (κ3) is 2.64. The molecule has 1 aliphatic heterocycles. The molecule has 1 amide bonds. The van der Waals surface area contributed by atoms with E-state index >= 15 is 0 Å². The van der Waals surface area contributed by atoms with Crippen molar-refractivity contribution in [2.24, 2.45) is 0 Å². The van der Waals surface area contributed by atoms with Crippen molar-refractivity contribution in [3.63, 3.8) is 0 Å². The van der Waals surface area contributed by atoms with Crippen LogP contribution in [0.3, 0.4) is 0 Å². The van der Waals surface area contributed by atoms with Crippen LogP contribution < -0.4 is 0 Å². The summed E-state index contributed by atoms with van der Waals surface area (Å²) in [5.74, 6) is 0.246. The molecule has 1 atom stereocenters. The van der Waals surface area contributed by atoms with E-state index in [2.05, 4.69) is 0 Å². The first-order valence-corrected chi connectivity index (χ1v) is 6.30. The van der Waals surface area contributed by atoms with Gasteiger partial charge in [-0.3, -0.25) is 4.79 Å². The molecule has 0 aromatic heterocycles. The lowest BCUT2D eigenvalue weighted by Crippen LogP contribution is -2.38. The fourth-order valence-electron chi connectivity index (χ4n) is 2.39. The number of aromatic hydroxyl groups is 1. The van der Waals surface area contributed by atoms with Crippen LogP contribution in [0.5, 0.6) is 5.75 Å². The fourth-order valence-corrected chi connectivity index (χ4v) is 2.39. The molecule has 4 heteroatoms. The van der Waals surface area contributed by atoms with Crippen LogP contribution in [-0.4, -0.2) is 40.2 Å². The van der Waals surface area contributed by atoms with Gasteiger partial charge >= 0.3 is 0 Å². The molecule has 0 radical (unpaired) electrons. The van der Waals surface area contributed by atoms with Gasteiger partial charge in [0.25, 0.3) is 0 Å². The van der Waals surface area contributed by atoms with E-state index in [4.69, 9.17) is 0 Å². The number of nitrogens with zero attached hydrogens (tertiary/aromatic N) is 1. The average molecular weight is 249 g/mol. The lowest BCUT2D eigenvalue weighted by Gasteiger charge is -2.23. The molecule has 1 aromatic rings. The van der Waals surface area contributed by atoms with Gasteiger partial charge in [-0.05, 0) is 37.0 Å². The van der Waals surface area contributed by atoms with E-state index in [1.165, 1.54) is 0 Å². The van der Waals surface area contributed by atoms with Gasteiger partial charge in [0, 0.05) is 6.54 Å². The summed E-state index contributed by atoms with van der Waals surface area (Å²) < 4.78 is 0. The number of likely N-dealkylation sites (tertiary alicyclic amines) is 1. The fraction of sp³-hybridized carbons (Fsp3) is 0.500. The summed E-state index contributed by atoms with van der Waals surface area (Å²) >= 11 is 0. The Morgan fingerprint density at radius 3 is 2.94 bits per heavy atom. The molecule has 0 aliphatic carbocycles. The number of phenols is 1. The van der Waals surface area contributed by atoms with Gasteiger partial charge in [0.2, 0.25) is 5.91 Å². The molecule has 98 valence electrons. The van der Waals surface area contributed by atoms with Crippen molar-refractivity contribution in [1.82, 2.24) is 4.90 Å². The summed E-state index contributed by atoms with van der Waals surface area (Å²) in [6.45, 7) is 2.58. The van der Waals surface area contributed by atoms with Gasteiger partial charge in [-0.2, -0.15) is 0 Å². The van der Waals surface area contributed by atoms with Gasteiger partial charge in [0.05, 0.1) is 19.1 Å². The van der Waals surface area contributed by atoms with Crippen LogP contribution in [0.15, 0.2) is 18.2 Å². The van der Waals surface area contributed by atoms with E-state index in [1.807, 2.05) is 19.1 Å². The standard InChI is InChI=1S/C14H19NO3/c1-10-4-5-11(7-13(10)17)8-14(18)15-6-2-3-12(15)9-16/h4-5,7,12,16-17H,2-3,6,8-9H2,1H3. The number of aryl methyl sites for hydroxylation is 1. The number of hydrogen-bond donors (Lipinski definition) is 2. The normalized spacial score (nSPS) is 19.2. The second kappa shape index (κ2) is 5.40. The first kappa shape index (κ1) is 12.9. The quantitative estimate of drug-likeness (QED) is 0.847. The molecule has 0 saturated carbocycles. The zero-order valence-electron chi connectivity index (χ0n) is 10.6. The summed E-state index contributed by atoms with van der Waals surface area (Å²) in [4.78, 5) is 13.9. The van der Waals surface area contributed by atoms with Crippen molar-refractivity contribution in [1.29, 1.82) is 0 Å². The molecule has 4 nitrogen and oxygen atoms in total. The van der Waals surface area contributed by atoms with E-state index in [9.17, 15) is 15.0 Å². The smallest absolute Gasteiger partial charge is 0.227 e. The molecule has 1 unspecified atom stereocenters. The minimum absolute atomic E-state index is 0.0230. The number of amides is 1. The summed E-state index contributed by atoms with van der Waals surface area (Å²) in [5, 5.41) is 18.8. The van der Waals surface area contributed by atoms with Crippen molar-refractivity contribution in [3.05, 3.63) is 29.3 Å². The number of benzene rings is 1. The maximum atomic E-state index is 12.1. The first-order chi connectivity index (χ1) is 8.61. The highest BCUT2D eigenvalue weighted by Crippen LogP contribution is 2.21. The Morgan fingerprint density at radius 2 is 2.28 bits per heavy atom. The highest BCUT2D eigenvalue weighted by Gasteiger charge is 2.27. The predicted molar refractivity (Wildman–Crippen MR) is 68.4 cm³/mol. The monoisotopic (exact) mass is 249 g/mol. The Labute approximate surface area is 107 Å². The molecular formula is C14H19NO3. The van der Waals surface area contributed by atoms with Gasteiger partial charge in [-0.15, -0.1) is 0 Å². The minimum atomic E-state index is -0.0310. The Kier molecular flexibility index (Phi) is 3.87. The van der Waals surface area contributed by atoms with E-state index in [0.29, 0.717) is 0 Å². The summed E-state index contributed by atoms with van der Waals surface area (Å²) in [7, 11) is 0. The van der Waals surface area contributed by atoms with Gasteiger partial charge in [0.15, 0.2) is 0 Å². The SMILES string of the molecule is Cc1ccc(CC(=O)N2CCCC2CO)cc1O. The van der Waals surface area contributed by atoms with E-state index in [1.54, 1.807) is 11.0 Å². The highest BCUT2D eigenvalue weighted by atomic mass is 16.3. The van der Waals surface area contributed by atoms with Crippen molar-refractivity contribution in [2.75, 3.05) is 13.2 Å². The summed E-state index contributed by atoms with van der Waals surface area (Å²) in [6, 6.07) is 5.27. The van der Waals surface area contributed by atoms with Crippen LogP contribution in [-0.2, 0) is 11.2 Å². The van der Waals surface area contributed by atoms with E-state index in [-0.39, 0.29) is 30.7 Å². The second-order valence-corrected chi connectivity index (χ2v) is 4.86. The maximum absolute atomic E-state index is 12.1. The van der Waals surface area contributed by atoms with Crippen LogP contribution in [0.1, 0.15) is 24.0 Å². The van der Waals surface area contributed by atoms with Crippen LogP contribution in [0.2, 0.25) is 0 Å². The molecule has 2 rings (SSSR count). The van der Waals surface area contributed by atoms with Crippen molar-refractivity contribution < 1.29 is 15.0 Å². The van der Waals surface area contributed by atoms with E-state index in [0.717, 1.165) is 30.5 Å². The molecule has 18 heavy (non-hydrogen) atoms. The predicted octanol–water partition coefficient (Wildman–Crippen LogP) is 1.23. The lowest BCUT2D eigenvalue weighted by atomic mass is 10.1. The Hall–Kier alpha value is -1.55. The van der Waals surface area contributed by atoms with Crippen molar-refractivity contribution in [3.8, 4) is 5.75 Å². The van der Waals surface area contributed by atoms with Crippen molar-refractivity contribution >= 4 is 5.91 Å². The number of aliphatic hydroxyl groups excluding tert-OH is 1. The molecule has 1 heterocycles. The molecule has 1 aromatic carbocycles. The van der Waals surface area contributed by atoms with Crippen LogP contribution in [0.4, 0.5) is 0 Å². The van der Waals surface area contributed by atoms with Gasteiger partial charge in [0.1, 0.15) is 5.75 Å². The maximum Gasteiger partial charge on any atom is 0.227 e. The zero-order chi connectivity index (χ0) is 13.1. The number of rotatable bonds is 3.